The molecule has 116 valence electrons. The number of aryl methyl sites for hydroxylation is 1. The van der Waals surface area contributed by atoms with Gasteiger partial charge in [-0.2, -0.15) is 0 Å². The summed E-state index contributed by atoms with van der Waals surface area (Å²) < 4.78 is 10.8. The van der Waals surface area contributed by atoms with Crippen molar-refractivity contribution < 1.29 is 14.3 Å². The van der Waals surface area contributed by atoms with E-state index in [0.717, 1.165) is 6.42 Å². The minimum atomic E-state index is -0.488. The first-order valence-electron chi connectivity index (χ1n) is 7.63. The average Bonchev–Trinajstić information content (AvgIpc) is 2.47. The van der Waals surface area contributed by atoms with Crippen molar-refractivity contribution in [2.45, 2.75) is 39.3 Å². The monoisotopic (exact) mass is 291 g/mol. The van der Waals surface area contributed by atoms with Gasteiger partial charge in [-0.25, -0.2) is 0 Å². The molecule has 4 nitrogen and oxygen atoms in total. The minimum Gasteiger partial charge on any atom is -0.376 e. The predicted octanol–water partition coefficient (Wildman–Crippen LogP) is 2.61. The van der Waals surface area contributed by atoms with Crippen molar-refractivity contribution in [2.24, 2.45) is 5.92 Å². The maximum absolute atomic E-state index is 12.4. The second-order valence-corrected chi connectivity index (χ2v) is 5.98. The Morgan fingerprint density at radius 3 is 2.71 bits per heavy atom. The van der Waals surface area contributed by atoms with Crippen LogP contribution < -0.4 is 5.32 Å². The van der Waals surface area contributed by atoms with E-state index in [1.165, 1.54) is 11.1 Å². The standard InChI is InChI=1S/C17H25NO3/c1-12(2)10-15(14-7-5-4-6-13(14)3)18-17(19)16-11-20-8-9-21-16/h4-7,12,15-16H,8-11H2,1-3H3,(H,18,19). The first-order valence-corrected chi connectivity index (χ1v) is 7.63. The van der Waals surface area contributed by atoms with E-state index in [2.05, 4.69) is 38.2 Å². The van der Waals surface area contributed by atoms with Crippen LogP contribution in [0.2, 0.25) is 0 Å². The van der Waals surface area contributed by atoms with Gasteiger partial charge in [0.05, 0.1) is 25.9 Å². The van der Waals surface area contributed by atoms with Crippen LogP contribution in [0.5, 0.6) is 0 Å². The molecule has 21 heavy (non-hydrogen) atoms. The molecule has 1 aromatic rings. The summed E-state index contributed by atoms with van der Waals surface area (Å²) in [5, 5.41) is 3.13. The molecular weight excluding hydrogens is 266 g/mol. The predicted molar refractivity (Wildman–Crippen MR) is 82.1 cm³/mol. The fraction of sp³-hybridized carbons (Fsp3) is 0.588. The highest BCUT2D eigenvalue weighted by Crippen LogP contribution is 2.24. The highest BCUT2D eigenvalue weighted by Gasteiger charge is 2.26. The van der Waals surface area contributed by atoms with Gasteiger partial charge < -0.3 is 14.8 Å². The summed E-state index contributed by atoms with van der Waals surface area (Å²) in [7, 11) is 0. The van der Waals surface area contributed by atoms with Crippen LogP contribution in [0.3, 0.4) is 0 Å². The van der Waals surface area contributed by atoms with Crippen molar-refractivity contribution in [1.82, 2.24) is 5.32 Å². The van der Waals surface area contributed by atoms with Crippen LogP contribution in [0, 0.1) is 12.8 Å². The number of nitrogens with one attached hydrogen (secondary N) is 1. The number of carbonyl (C=O) groups is 1. The van der Waals surface area contributed by atoms with Gasteiger partial charge in [-0.3, -0.25) is 4.79 Å². The van der Waals surface area contributed by atoms with Crippen LogP contribution in [0.4, 0.5) is 0 Å². The second-order valence-electron chi connectivity index (χ2n) is 5.98. The molecule has 1 aliphatic rings. The summed E-state index contributed by atoms with van der Waals surface area (Å²) in [5.41, 5.74) is 2.38. The quantitative estimate of drug-likeness (QED) is 0.907. The summed E-state index contributed by atoms with van der Waals surface area (Å²) in [6.07, 6.45) is 0.418. The zero-order chi connectivity index (χ0) is 15.2. The maximum atomic E-state index is 12.4. The average molecular weight is 291 g/mol. The Morgan fingerprint density at radius 2 is 2.10 bits per heavy atom. The van der Waals surface area contributed by atoms with Crippen molar-refractivity contribution in [1.29, 1.82) is 0 Å². The number of hydrogen-bond donors (Lipinski definition) is 1. The van der Waals surface area contributed by atoms with Crippen LogP contribution in [0.15, 0.2) is 24.3 Å². The number of hydrogen-bond acceptors (Lipinski definition) is 3. The molecule has 0 saturated carbocycles. The largest absolute Gasteiger partial charge is 0.376 e. The van der Waals surface area contributed by atoms with Gasteiger partial charge in [0.2, 0.25) is 0 Å². The van der Waals surface area contributed by atoms with Crippen LogP contribution >= 0.6 is 0 Å². The molecule has 2 rings (SSSR count). The molecule has 1 N–H and O–H groups in total. The van der Waals surface area contributed by atoms with Gasteiger partial charge in [0.15, 0.2) is 6.10 Å². The SMILES string of the molecule is Cc1ccccc1C(CC(C)C)NC(=O)C1COCCO1. The highest BCUT2D eigenvalue weighted by atomic mass is 16.6. The van der Waals surface area contributed by atoms with Crippen molar-refractivity contribution in [3.05, 3.63) is 35.4 Å². The Balaban J connectivity index is 2.09. The third kappa shape index (κ3) is 4.55. The molecule has 0 aromatic heterocycles. The smallest absolute Gasteiger partial charge is 0.252 e. The van der Waals surface area contributed by atoms with Gasteiger partial charge in [0.25, 0.3) is 5.91 Å². The Morgan fingerprint density at radius 1 is 1.33 bits per heavy atom. The first-order chi connectivity index (χ1) is 10.1. The summed E-state index contributed by atoms with van der Waals surface area (Å²) in [6.45, 7) is 7.80. The summed E-state index contributed by atoms with van der Waals surface area (Å²) in [6, 6.07) is 8.22. The molecule has 2 atom stereocenters. The number of carbonyl (C=O) groups excluding carboxylic acids is 1. The first kappa shape index (κ1) is 16.0. The normalized spacial score (nSPS) is 20.3. The summed E-state index contributed by atoms with van der Waals surface area (Å²) >= 11 is 0. The fourth-order valence-electron chi connectivity index (χ4n) is 2.62. The maximum Gasteiger partial charge on any atom is 0.252 e. The third-order valence-electron chi connectivity index (χ3n) is 3.70. The van der Waals surface area contributed by atoms with E-state index in [0.29, 0.717) is 25.7 Å². The highest BCUT2D eigenvalue weighted by molar-refractivity contribution is 5.81. The molecule has 1 saturated heterocycles. The lowest BCUT2D eigenvalue weighted by Gasteiger charge is -2.27. The molecule has 0 radical (unpaired) electrons. The molecule has 0 aliphatic carbocycles. The van der Waals surface area contributed by atoms with Gasteiger partial charge >= 0.3 is 0 Å². The molecule has 1 aliphatic heterocycles. The lowest BCUT2D eigenvalue weighted by molar-refractivity contribution is -0.148. The number of rotatable bonds is 5. The van der Waals surface area contributed by atoms with Crippen molar-refractivity contribution in [3.63, 3.8) is 0 Å². The molecule has 1 amide bonds. The van der Waals surface area contributed by atoms with Crippen molar-refractivity contribution in [2.75, 3.05) is 19.8 Å². The van der Waals surface area contributed by atoms with E-state index in [1.54, 1.807) is 0 Å². The van der Waals surface area contributed by atoms with Crippen LogP contribution in [-0.2, 0) is 14.3 Å². The lowest BCUT2D eigenvalue weighted by Crippen LogP contribution is -2.44. The van der Waals surface area contributed by atoms with Gasteiger partial charge in [-0.15, -0.1) is 0 Å². The Kier molecular flexibility index (Phi) is 5.76. The Labute approximate surface area is 126 Å². The van der Waals surface area contributed by atoms with Crippen LogP contribution in [0.1, 0.15) is 37.4 Å². The van der Waals surface area contributed by atoms with E-state index in [-0.39, 0.29) is 11.9 Å². The summed E-state index contributed by atoms with van der Waals surface area (Å²) in [5.74, 6) is 0.419. The molecule has 4 heteroatoms. The molecule has 0 bridgehead atoms. The molecule has 1 fully saturated rings. The Bertz CT molecular complexity index is 467. The molecular formula is C17H25NO3. The number of amides is 1. The van der Waals surface area contributed by atoms with E-state index in [1.807, 2.05) is 12.1 Å². The van der Waals surface area contributed by atoms with E-state index < -0.39 is 6.10 Å². The lowest BCUT2D eigenvalue weighted by atomic mass is 9.93. The summed E-state index contributed by atoms with van der Waals surface area (Å²) in [4.78, 5) is 12.4. The van der Waals surface area contributed by atoms with Gasteiger partial charge in [-0.05, 0) is 30.4 Å². The number of benzene rings is 1. The van der Waals surface area contributed by atoms with Gasteiger partial charge in [-0.1, -0.05) is 38.1 Å². The van der Waals surface area contributed by atoms with Gasteiger partial charge in [0.1, 0.15) is 0 Å². The number of ether oxygens (including phenoxy) is 2. The van der Waals surface area contributed by atoms with E-state index in [9.17, 15) is 4.79 Å². The zero-order valence-corrected chi connectivity index (χ0v) is 13.1. The third-order valence-corrected chi connectivity index (χ3v) is 3.70. The van der Waals surface area contributed by atoms with E-state index in [4.69, 9.17) is 9.47 Å². The molecule has 1 heterocycles. The zero-order valence-electron chi connectivity index (χ0n) is 13.1. The van der Waals surface area contributed by atoms with Crippen molar-refractivity contribution in [3.8, 4) is 0 Å². The van der Waals surface area contributed by atoms with Crippen molar-refractivity contribution >= 4 is 5.91 Å². The molecule has 0 spiro atoms. The minimum absolute atomic E-state index is 0.0178. The Hall–Kier alpha value is -1.39. The van der Waals surface area contributed by atoms with Gasteiger partial charge in [0, 0.05) is 0 Å². The van der Waals surface area contributed by atoms with E-state index >= 15 is 0 Å². The molecule has 2 unspecified atom stereocenters. The van der Waals surface area contributed by atoms with Crippen LogP contribution in [0.25, 0.3) is 0 Å². The topological polar surface area (TPSA) is 47.6 Å². The van der Waals surface area contributed by atoms with Crippen LogP contribution in [-0.4, -0.2) is 31.8 Å². The molecule has 1 aromatic carbocycles. The second kappa shape index (κ2) is 7.57. The fourth-order valence-corrected chi connectivity index (χ4v) is 2.62.